The van der Waals surface area contributed by atoms with Crippen molar-refractivity contribution in [1.29, 1.82) is 0 Å². The molecule has 1 aliphatic heterocycles. The number of hydrogen-bond donors (Lipinski definition) is 1. The van der Waals surface area contributed by atoms with Crippen LogP contribution in [0.15, 0.2) is 42.5 Å². The lowest BCUT2D eigenvalue weighted by Gasteiger charge is -2.24. The Kier molecular flexibility index (Phi) is 2.99. The monoisotopic (exact) mass is 256 g/mol. The maximum atomic E-state index is 13.4. The number of para-hydroxylation sites is 1. The van der Waals surface area contributed by atoms with E-state index < -0.39 is 0 Å². The SMILES string of the molecule is C[C@H](N)c1cc(F)ccc1N1CCc2ccccc21. The van der Waals surface area contributed by atoms with Gasteiger partial charge in [-0.25, -0.2) is 4.39 Å². The van der Waals surface area contributed by atoms with Crippen molar-refractivity contribution in [2.24, 2.45) is 5.73 Å². The van der Waals surface area contributed by atoms with Gasteiger partial charge < -0.3 is 10.6 Å². The normalized spacial score (nSPS) is 15.4. The Morgan fingerprint density at radius 1 is 1.16 bits per heavy atom. The molecule has 2 nitrogen and oxygen atoms in total. The summed E-state index contributed by atoms with van der Waals surface area (Å²) in [4.78, 5) is 2.23. The molecule has 2 N–H and O–H groups in total. The summed E-state index contributed by atoms with van der Waals surface area (Å²) in [5.41, 5.74) is 10.4. The Labute approximate surface area is 112 Å². The third-order valence-electron chi connectivity index (χ3n) is 3.66. The molecular weight excluding hydrogens is 239 g/mol. The standard InChI is InChI=1S/C16H17FN2/c1-11(18)14-10-13(17)6-7-16(14)19-9-8-12-4-2-3-5-15(12)19/h2-7,10-11H,8-9,18H2,1H3/t11-/m0/s1. The summed E-state index contributed by atoms with van der Waals surface area (Å²) in [6, 6.07) is 13.0. The number of halogens is 1. The molecule has 0 saturated heterocycles. The Bertz CT molecular complexity index is 607. The van der Waals surface area contributed by atoms with E-state index in [2.05, 4.69) is 23.1 Å². The highest BCUT2D eigenvalue weighted by Crippen LogP contribution is 2.37. The number of rotatable bonds is 2. The van der Waals surface area contributed by atoms with Gasteiger partial charge in [0.1, 0.15) is 5.82 Å². The molecule has 0 radical (unpaired) electrons. The minimum absolute atomic E-state index is 0.182. The van der Waals surface area contributed by atoms with Crippen molar-refractivity contribution in [2.75, 3.05) is 11.4 Å². The summed E-state index contributed by atoms with van der Waals surface area (Å²) in [6.07, 6.45) is 1.02. The van der Waals surface area contributed by atoms with Crippen LogP contribution < -0.4 is 10.6 Å². The van der Waals surface area contributed by atoms with E-state index in [9.17, 15) is 4.39 Å². The minimum atomic E-state index is -0.233. The van der Waals surface area contributed by atoms with Crippen LogP contribution in [0.5, 0.6) is 0 Å². The third kappa shape index (κ3) is 2.10. The minimum Gasteiger partial charge on any atom is -0.341 e. The van der Waals surface area contributed by atoms with Gasteiger partial charge in [0, 0.05) is 24.0 Å². The summed E-state index contributed by atoms with van der Waals surface area (Å²) in [6.45, 7) is 2.81. The number of benzene rings is 2. The molecule has 0 unspecified atom stereocenters. The molecule has 1 aliphatic rings. The van der Waals surface area contributed by atoms with Crippen molar-refractivity contribution in [3.63, 3.8) is 0 Å². The molecule has 1 heterocycles. The smallest absolute Gasteiger partial charge is 0.123 e. The molecule has 0 spiro atoms. The van der Waals surface area contributed by atoms with Crippen molar-refractivity contribution in [2.45, 2.75) is 19.4 Å². The second kappa shape index (κ2) is 4.67. The van der Waals surface area contributed by atoms with E-state index >= 15 is 0 Å². The second-order valence-electron chi connectivity index (χ2n) is 5.02. The fourth-order valence-corrected chi connectivity index (χ4v) is 2.72. The van der Waals surface area contributed by atoms with Gasteiger partial charge in [-0.05, 0) is 48.7 Å². The van der Waals surface area contributed by atoms with E-state index in [-0.39, 0.29) is 11.9 Å². The summed E-state index contributed by atoms with van der Waals surface area (Å²) in [7, 11) is 0. The lowest BCUT2D eigenvalue weighted by Crippen LogP contribution is -2.18. The number of nitrogens with zero attached hydrogens (tertiary/aromatic N) is 1. The van der Waals surface area contributed by atoms with E-state index in [4.69, 9.17) is 5.73 Å². The van der Waals surface area contributed by atoms with Crippen LogP contribution in [0.3, 0.4) is 0 Å². The van der Waals surface area contributed by atoms with Crippen LogP contribution in [0.4, 0.5) is 15.8 Å². The van der Waals surface area contributed by atoms with Crippen LogP contribution in [0, 0.1) is 5.82 Å². The predicted octanol–water partition coefficient (Wildman–Crippen LogP) is 3.54. The van der Waals surface area contributed by atoms with Crippen LogP contribution in [0.1, 0.15) is 24.1 Å². The molecule has 0 aromatic heterocycles. The lowest BCUT2D eigenvalue weighted by atomic mass is 10.1. The lowest BCUT2D eigenvalue weighted by molar-refractivity contribution is 0.622. The van der Waals surface area contributed by atoms with Crippen molar-refractivity contribution in [1.82, 2.24) is 0 Å². The van der Waals surface area contributed by atoms with Gasteiger partial charge in [-0.3, -0.25) is 0 Å². The maximum Gasteiger partial charge on any atom is 0.123 e. The molecule has 1 atom stereocenters. The van der Waals surface area contributed by atoms with Gasteiger partial charge in [-0.1, -0.05) is 18.2 Å². The molecule has 3 heteroatoms. The topological polar surface area (TPSA) is 29.3 Å². The van der Waals surface area contributed by atoms with Crippen LogP contribution in [0.25, 0.3) is 0 Å². The van der Waals surface area contributed by atoms with E-state index in [0.717, 1.165) is 24.2 Å². The van der Waals surface area contributed by atoms with Crippen molar-refractivity contribution in [3.8, 4) is 0 Å². The first-order valence-electron chi connectivity index (χ1n) is 6.57. The molecule has 2 aromatic carbocycles. The van der Waals surface area contributed by atoms with Crippen LogP contribution >= 0.6 is 0 Å². The first-order chi connectivity index (χ1) is 9.16. The van der Waals surface area contributed by atoms with Crippen LogP contribution in [-0.4, -0.2) is 6.54 Å². The van der Waals surface area contributed by atoms with E-state index in [1.165, 1.54) is 17.3 Å². The highest BCUT2D eigenvalue weighted by molar-refractivity contribution is 5.72. The van der Waals surface area contributed by atoms with E-state index in [1.54, 1.807) is 6.07 Å². The second-order valence-corrected chi connectivity index (χ2v) is 5.02. The summed E-state index contributed by atoms with van der Waals surface area (Å²) in [5, 5.41) is 0. The molecule has 2 aromatic rings. The predicted molar refractivity (Wildman–Crippen MR) is 76.2 cm³/mol. The van der Waals surface area contributed by atoms with E-state index in [0.29, 0.717) is 0 Å². The maximum absolute atomic E-state index is 13.4. The van der Waals surface area contributed by atoms with Crippen molar-refractivity contribution >= 4 is 11.4 Å². The van der Waals surface area contributed by atoms with Gasteiger partial charge in [0.25, 0.3) is 0 Å². The van der Waals surface area contributed by atoms with Crippen LogP contribution in [-0.2, 0) is 6.42 Å². The zero-order chi connectivity index (χ0) is 13.4. The van der Waals surface area contributed by atoms with Gasteiger partial charge in [-0.2, -0.15) is 0 Å². The molecule has 0 fully saturated rings. The quantitative estimate of drug-likeness (QED) is 0.890. The fourth-order valence-electron chi connectivity index (χ4n) is 2.72. The number of anilines is 2. The largest absolute Gasteiger partial charge is 0.341 e. The Balaban J connectivity index is 2.09. The first-order valence-corrected chi connectivity index (χ1v) is 6.57. The number of hydrogen-bond acceptors (Lipinski definition) is 2. The zero-order valence-electron chi connectivity index (χ0n) is 10.9. The van der Waals surface area contributed by atoms with Gasteiger partial charge in [0.2, 0.25) is 0 Å². The Hall–Kier alpha value is -1.87. The fraction of sp³-hybridized carbons (Fsp3) is 0.250. The molecule has 0 bridgehead atoms. The molecule has 98 valence electrons. The molecule has 3 rings (SSSR count). The van der Waals surface area contributed by atoms with Gasteiger partial charge in [0.15, 0.2) is 0 Å². The number of fused-ring (bicyclic) bond motifs is 1. The highest BCUT2D eigenvalue weighted by Gasteiger charge is 2.22. The Morgan fingerprint density at radius 3 is 2.74 bits per heavy atom. The number of nitrogens with two attached hydrogens (primary N) is 1. The van der Waals surface area contributed by atoms with Gasteiger partial charge in [0.05, 0.1) is 0 Å². The van der Waals surface area contributed by atoms with E-state index in [1.807, 2.05) is 19.1 Å². The summed E-state index contributed by atoms with van der Waals surface area (Å²) >= 11 is 0. The highest BCUT2D eigenvalue weighted by atomic mass is 19.1. The third-order valence-corrected chi connectivity index (χ3v) is 3.66. The van der Waals surface area contributed by atoms with Gasteiger partial charge >= 0.3 is 0 Å². The average Bonchev–Trinajstić information content (AvgIpc) is 2.82. The first kappa shape index (κ1) is 12.2. The molecule has 0 saturated carbocycles. The van der Waals surface area contributed by atoms with Crippen LogP contribution in [0.2, 0.25) is 0 Å². The molecular formula is C16H17FN2. The summed E-state index contributed by atoms with van der Waals surface area (Å²) in [5.74, 6) is -0.233. The van der Waals surface area contributed by atoms with Crippen molar-refractivity contribution in [3.05, 3.63) is 59.4 Å². The Morgan fingerprint density at radius 2 is 1.95 bits per heavy atom. The summed E-state index contributed by atoms with van der Waals surface area (Å²) < 4.78 is 13.4. The molecule has 19 heavy (non-hydrogen) atoms. The van der Waals surface area contributed by atoms with Crippen molar-refractivity contribution < 1.29 is 4.39 Å². The van der Waals surface area contributed by atoms with Gasteiger partial charge in [-0.15, -0.1) is 0 Å². The molecule has 0 aliphatic carbocycles. The average molecular weight is 256 g/mol. The molecule has 0 amide bonds. The zero-order valence-corrected chi connectivity index (χ0v) is 10.9.